The number of likely N-dealkylation sites (tertiary alicyclic amines) is 1. The molecule has 1 aromatic rings. The van der Waals surface area contributed by atoms with E-state index in [0.717, 1.165) is 26.2 Å². The van der Waals surface area contributed by atoms with Crippen molar-refractivity contribution in [1.82, 2.24) is 14.7 Å². The Morgan fingerprint density at radius 2 is 1.73 bits per heavy atom. The number of hydrogen-bond donors (Lipinski definition) is 0. The fourth-order valence-corrected chi connectivity index (χ4v) is 4.03. The van der Waals surface area contributed by atoms with Gasteiger partial charge < -0.3 is 24.2 Å². The molecule has 0 spiro atoms. The van der Waals surface area contributed by atoms with Gasteiger partial charge in [-0.05, 0) is 31.3 Å². The lowest BCUT2D eigenvalue weighted by Gasteiger charge is -2.40. The van der Waals surface area contributed by atoms with E-state index in [1.807, 2.05) is 9.80 Å². The van der Waals surface area contributed by atoms with E-state index in [1.165, 1.54) is 12.1 Å². The third-order valence-corrected chi connectivity index (χ3v) is 5.93. The summed E-state index contributed by atoms with van der Waals surface area (Å²) >= 11 is 0. The van der Waals surface area contributed by atoms with Crippen molar-refractivity contribution in [1.29, 1.82) is 0 Å². The molecule has 2 aliphatic rings. The SMILES string of the molecule is COCCC(=O)N1CC[C@H](Oc2ccc(F)cc2)[C@@H](CC(=O)N2CCN(C)CC2)C1. The van der Waals surface area contributed by atoms with Crippen LogP contribution in [-0.2, 0) is 14.3 Å². The zero-order valence-corrected chi connectivity index (χ0v) is 17.9. The van der Waals surface area contributed by atoms with Gasteiger partial charge in [0.2, 0.25) is 11.8 Å². The quantitative estimate of drug-likeness (QED) is 0.670. The lowest BCUT2D eigenvalue weighted by molar-refractivity contribution is -0.140. The minimum absolute atomic E-state index is 0.0362. The molecular weight excluding hydrogens is 389 g/mol. The molecule has 2 atom stereocenters. The van der Waals surface area contributed by atoms with Crippen LogP contribution in [0.5, 0.6) is 5.75 Å². The van der Waals surface area contributed by atoms with Gasteiger partial charge >= 0.3 is 0 Å². The molecule has 0 unspecified atom stereocenters. The second-order valence-corrected chi connectivity index (χ2v) is 8.13. The number of rotatable bonds is 7. The molecule has 0 N–H and O–H groups in total. The molecule has 8 heteroatoms. The molecule has 2 amide bonds. The van der Waals surface area contributed by atoms with Crippen molar-refractivity contribution < 1.29 is 23.5 Å². The number of ether oxygens (including phenoxy) is 2. The summed E-state index contributed by atoms with van der Waals surface area (Å²) in [5, 5.41) is 0. The molecule has 2 fully saturated rings. The zero-order valence-electron chi connectivity index (χ0n) is 17.9. The number of piperazine rings is 1. The van der Waals surface area contributed by atoms with Gasteiger partial charge in [0.05, 0.1) is 13.0 Å². The van der Waals surface area contributed by atoms with Gasteiger partial charge in [0.25, 0.3) is 0 Å². The van der Waals surface area contributed by atoms with E-state index >= 15 is 0 Å². The molecule has 166 valence electrons. The van der Waals surface area contributed by atoms with Gasteiger partial charge in [-0.3, -0.25) is 9.59 Å². The van der Waals surface area contributed by atoms with Crippen LogP contribution >= 0.6 is 0 Å². The molecule has 0 aromatic heterocycles. The highest BCUT2D eigenvalue weighted by molar-refractivity contribution is 5.78. The maximum absolute atomic E-state index is 13.2. The number of likely N-dealkylation sites (N-methyl/N-ethyl adjacent to an activating group) is 1. The second kappa shape index (κ2) is 10.7. The summed E-state index contributed by atoms with van der Waals surface area (Å²) < 4.78 is 24.4. The van der Waals surface area contributed by atoms with Crippen molar-refractivity contribution in [3.63, 3.8) is 0 Å². The fourth-order valence-electron chi connectivity index (χ4n) is 4.03. The van der Waals surface area contributed by atoms with E-state index in [0.29, 0.717) is 44.7 Å². The molecule has 2 aliphatic heterocycles. The predicted octanol–water partition coefficient (Wildman–Crippen LogP) is 1.62. The normalized spacial score (nSPS) is 22.8. The Balaban J connectivity index is 1.66. The first-order valence-corrected chi connectivity index (χ1v) is 10.6. The van der Waals surface area contributed by atoms with Crippen molar-refractivity contribution in [3.8, 4) is 5.75 Å². The predicted molar refractivity (Wildman–Crippen MR) is 111 cm³/mol. The Kier molecular flexibility index (Phi) is 8.04. The third-order valence-electron chi connectivity index (χ3n) is 5.93. The molecule has 7 nitrogen and oxygen atoms in total. The Labute approximate surface area is 177 Å². The van der Waals surface area contributed by atoms with Crippen LogP contribution in [0.15, 0.2) is 24.3 Å². The van der Waals surface area contributed by atoms with Gasteiger partial charge in [0, 0.05) is 65.1 Å². The monoisotopic (exact) mass is 421 g/mol. The van der Waals surface area contributed by atoms with Crippen LogP contribution in [0.3, 0.4) is 0 Å². The number of methoxy groups -OCH3 is 1. The number of amides is 2. The van der Waals surface area contributed by atoms with Crippen molar-refractivity contribution in [2.45, 2.75) is 25.4 Å². The summed E-state index contributed by atoms with van der Waals surface area (Å²) in [6.45, 7) is 4.63. The summed E-state index contributed by atoms with van der Waals surface area (Å²) in [5.74, 6) is 0.295. The minimum atomic E-state index is -0.317. The lowest BCUT2D eigenvalue weighted by Crippen LogP contribution is -2.51. The van der Waals surface area contributed by atoms with Crippen molar-refractivity contribution in [2.75, 3.05) is 60.0 Å². The van der Waals surface area contributed by atoms with Crippen LogP contribution in [0.4, 0.5) is 4.39 Å². The van der Waals surface area contributed by atoms with Gasteiger partial charge in [-0.1, -0.05) is 0 Å². The molecule has 0 radical (unpaired) electrons. The van der Waals surface area contributed by atoms with Gasteiger partial charge in [-0.25, -0.2) is 4.39 Å². The summed E-state index contributed by atoms with van der Waals surface area (Å²) in [5.41, 5.74) is 0. The molecular formula is C22H32FN3O4. The van der Waals surface area contributed by atoms with Crippen molar-refractivity contribution in [3.05, 3.63) is 30.1 Å². The molecule has 0 saturated carbocycles. The highest BCUT2D eigenvalue weighted by Crippen LogP contribution is 2.27. The summed E-state index contributed by atoms with van der Waals surface area (Å²) in [7, 11) is 3.63. The van der Waals surface area contributed by atoms with Crippen LogP contribution in [0.1, 0.15) is 19.3 Å². The maximum Gasteiger partial charge on any atom is 0.224 e. The van der Waals surface area contributed by atoms with Gasteiger partial charge in [-0.2, -0.15) is 0 Å². The Morgan fingerprint density at radius 3 is 2.40 bits per heavy atom. The van der Waals surface area contributed by atoms with E-state index < -0.39 is 0 Å². The molecule has 0 aliphatic carbocycles. The smallest absolute Gasteiger partial charge is 0.224 e. The molecule has 2 saturated heterocycles. The molecule has 1 aromatic carbocycles. The van der Waals surface area contributed by atoms with Crippen LogP contribution in [0, 0.1) is 11.7 Å². The summed E-state index contributed by atoms with van der Waals surface area (Å²) in [4.78, 5) is 31.4. The number of nitrogens with zero attached hydrogens (tertiary/aromatic N) is 3. The fraction of sp³-hybridized carbons (Fsp3) is 0.636. The third kappa shape index (κ3) is 6.15. The lowest BCUT2D eigenvalue weighted by atomic mass is 9.90. The Morgan fingerprint density at radius 1 is 1.03 bits per heavy atom. The maximum atomic E-state index is 13.2. The minimum Gasteiger partial charge on any atom is -0.490 e. The molecule has 2 heterocycles. The van der Waals surface area contributed by atoms with Crippen molar-refractivity contribution >= 4 is 11.8 Å². The van der Waals surface area contributed by atoms with Crippen molar-refractivity contribution in [2.24, 2.45) is 5.92 Å². The van der Waals surface area contributed by atoms with Gasteiger partial charge in [0.1, 0.15) is 17.7 Å². The van der Waals surface area contributed by atoms with Crippen LogP contribution < -0.4 is 4.74 Å². The van der Waals surface area contributed by atoms with E-state index in [9.17, 15) is 14.0 Å². The van der Waals surface area contributed by atoms with Gasteiger partial charge in [0.15, 0.2) is 0 Å². The highest BCUT2D eigenvalue weighted by atomic mass is 19.1. The topological polar surface area (TPSA) is 62.3 Å². The average molecular weight is 422 g/mol. The van der Waals surface area contributed by atoms with Crippen LogP contribution in [0.25, 0.3) is 0 Å². The zero-order chi connectivity index (χ0) is 21.5. The first-order chi connectivity index (χ1) is 14.5. The number of carbonyl (C=O) groups is 2. The van der Waals surface area contributed by atoms with Crippen LogP contribution in [0.2, 0.25) is 0 Å². The molecule has 30 heavy (non-hydrogen) atoms. The number of carbonyl (C=O) groups excluding carboxylic acids is 2. The second-order valence-electron chi connectivity index (χ2n) is 8.13. The van der Waals surface area contributed by atoms with E-state index in [4.69, 9.17) is 9.47 Å². The average Bonchev–Trinajstić information content (AvgIpc) is 2.75. The Hall–Kier alpha value is -2.19. The van der Waals surface area contributed by atoms with E-state index in [1.54, 1.807) is 19.2 Å². The molecule has 0 bridgehead atoms. The summed E-state index contributed by atoms with van der Waals surface area (Å²) in [6, 6.07) is 5.93. The first kappa shape index (κ1) is 22.5. The summed E-state index contributed by atoms with van der Waals surface area (Å²) in [6.07, 6.45) is 1.11. The number of benzene rings is 1. The number of halogens is 1. The molecule has 3 rings (SSSR count). The first-order valence-electron chi connectivity index (χ1n) is 10.6. The van der Waals surface area contributed by atoms with Crippen LogP contribution in [-0.4, -0.2) is 92.7 Å². The standard InChI is InChI=1S/C22H32FN3O4/c1-24-10-12-25(13-11-24)22(28)15-17-16-26(21(27)8-14-29-2)9-7-20(17)30-19-5-3-18(23)4-6-19/h3-6,17,20H,7-16H2,1-2H3/t17-,20-/m0/s1. The Bertz CT molecular complexity index is 707. The van der Waals surface area contributed by atoms with E-state index in [2.05, 4.69) is 11.9 Å². The largest absolute Gasteiger partial charge is 0.490 e. The number of hydrogen-bond acceptors (Lipinski definition) is 5. The van der Waals surface area contributed by atoms with Gasteiger partial charge in [-0.15, -0.1) is 0 Å². The highest BCUT2D eigenvalue weighted by Gasteiger charge is 2.35. The van der Waals surface area contributed by atoms with E-state index in [-0.39, 0.29) is 29.7 Å². The number of piperidine rings is 1.